The van der Waals surface area contributed by atoms with Gasteiger partial charge in [-0.05, 0) is 330 Å². The molecule has 0 N–H and O–H groups in total. The molecule has 0 atom stereocenters. The van der Waals surface area contributed by atoms with Crippen molar-refractivity contribution >= 4 is 54.5 Å². The van der Waals surface area contributed by atoms with Crippen molar-refractivity contribution < 1.29 is 90.5 Å². The molecule has 5 fully saturated rings. The molecule has 6 amide bonds. The van der Waals surface area contributed by atoms with Gasteiger partial charge in [0.15, 0.2) is 0 Å². The van der Waals surface area contributed by atoms with Gasteiger partial charge < -0.3 is 47.4 Å². The molecule has 0 saturated heterocycles. The molecule has 0 bridgehead atoms. The van der Waals surface area contributed by atoms with Crippen molar-refractivity contribution in [3.05, 3.63) is 245 Å². The van der Waals surface area contributed by atoms with Crippen molar-refractivity contribution in [2.45, 2.75) is 452 Å². The van der Waals surface area contributed by atoms with E-state index in [1.807, 2.05) is 239 Å². The number of amides is 6. The monoisotopic (exact) mass is 2070 g/mol. The van der Waals surface area contributed by atoms with E-state index in [9.17, 15) is 43.2 Å². The Hall–Kier alpha value is -11.0. The molecule has 0 aromatic heterocycles. The van der Waals surface area contributed by atoms with Gasteiger partial charge in [-0.1, -0.05) is 314 Å². The van der Waals surface area contributed by atoms with Gasteiger partial charge in [-0.2, -0.15) is 0 Å². The maximum Gasteiger partial charge on any atom is 0.419 e. The molecule has 828 valence electrons. The van der Waals surface area contributed by atoms with Crippen molar-refractivity contribution in [2.24, 2.45) is 17.8 Å². The second-order valence-electron chi connectivity index (χ2n) is 44.2. The number of aryl methyl sites for hydroxylation is 3. The van der Waals surface area contributed by atoms with Gasteiger partial charge in [-0.25, -0.2) is 43.5 Å². The van der Waals surface area contributed by atoms with E-state index in [-0.39, 0.29) is 48.7 Å². The summed E-state index contributed by atoms with van der Waals surface area (Å²) in [7, 11) is 1.63. The first-order chi connectivity index (χ1) is 71.9. The molecule has 7 aromatic carbocycles. The zero-order valence-corrected chi connectivity index (χ0v) is 94.9. The summed E-state index contributed by atoms with van der Waals surface area (Å²) in [4.78, 5) is 118. The Kier molecular flexibility index (Phi) is 55.4. The Labute approximate surface area is 901 Å². The van der Waals surface area contributed by atoms with E-state index in [2.05, 4.69) is 84.9 Å². The second-order valence-corrected chi connectivity index (χ2v) is 44.2. The summed E-state index contributed by atoms with van der Waals surface area (Å²) in [5.41, 5.74) is 4.15. The lowest BCUT2D eigenvalue weighted by Gasteiger charge is -2.40. The third-order valence-corrected chi connectivity index (χ3v) is 31.4. The predicted octanol–water partition coefficient (Wildman–Crippen LogP) is 32.9. The number of hydrogen-bond acceptors (Lipinski definition) is 19. The fourth-order valence-electron chi connectivity index (χ4n) is 20.1. The molecule has 0 spiro atoms. The van der Waals surface area contributed by atoms with Crippen LogP contribution in [0.2, 0.25) is 0 Å². The summed E-state index contributed by atoms with van der Waals surface area (Å²) >= 11 is 0. The fourth-order valence-corrected chi connectivity index (χ4v) is 20.1. The number of benzene rings is 7. The summed E-state index contributed by atoms with van der Waals surface area (Å²) in [5, 5.41) is 0. The Morgan fingerprint density at radius 1 is 0.307 bits per heavy atom. The average Bonchev–Trinajstić information content (AvgIpc) is 0.824. The number of methoxy groups -OCH3 is 1. The van der Waals surface area contributed by atoms with Gasteiger partial charge in [-0.15, -0.1) is 0 Å². The van der Waals surface area contributed by atoms with Crippen LogP contribution in [0.3, 0.4) is 0 Å². The van der Waals surface area contributed by atoms with Crippen molar-refractivity contribution in [2.75, 3.05) is 26.7 Å². The quantitative estimate of drug-likeness (QED) is 0.0254. The van der Waals surface area contributed by atoms with Crippen LogP contribution in [0.15, 0.2) is 206 Å². The zero-order valence-electron chi connectivity index (χ0n) is 94.9. The maximum absolute atomic E-state index is 13.3. The van der Waals surface area contributed by atoms with Gasteiger partial charge in [0.05, 0.1) is 7.11 Å². The van der Waals surface area contributed by atoms with Crippen LogP contribution in [0, 0.1) is 17.8 Å². The fraction of sp³-hybridized carbons (Fsp3) is 0.602. The van der Waals surface area contributed by atoms with Crippen molar-refractivity contribution in [3.8, 4) is 5.75 Å². The number of carbonyl (C=O) groups is 9. The van der Waals surface area contributed by atoms with Crippen LogP contribution in [0.25, 0.3) is 0 Å². The Bertz CT molecular complexity index is 4850. The third-order valence-electron chi connectivity index (χ3n) is 31.4. The number of imide groups is 3. The Morgan fingerprint density at radius 3 is 0.893 bits per heavy atom. The summed E-state index contributed by atoms with van der Waals surface area (Å²) < 4.78 is 57.0. The number of nitrogens with zero attached hydrogens (tertiary/aromatic N) is 3. The Morgan fingerprint density at radius 2 is 0.593 bits per heavy atom. The first-order valence-corrected chi connectivity index (χ1v) is 57.0. The normalized spacial score (nSPS) is 15.5. The largest absolute Gasteiger partial charge is 0.497 e. The van der Waals surface area contributed by atoms with Crippen LogP contribution >= 0.6 is 0 Å². The molecule has 0 radical (unpaired) electrons. The van der Waals surface area contributed by atoms with Gasteiger partial charge in [0.25, 0.3) is 0 Å². The highest BCUT2D eigenvalue weighted by Gasteiger charge is 2.45. The van der Waals surface area contributed by atoms with Gasteiger partial charge in [-0.3, -0.25) is 14.4 Å². The van der Waals surface area contributed by atoms with Crippen molar-refractivity contribution in [1.82, 2.24) is 14.7 Å². The number of esters is 3. The molecule has 0 heterocycles. The molecule has 7 aromatic rings. The first-order valence-electron chi connectivity index (χ1n) is 57.0. The van der Waals surface area contributed by atoms with Crippen LogP contribution in [-0.2, 0) is 102 Å². The summed E-state index contributed by atoms with van der Waals surface area (Å²) in [6, 6.07) is 67.8. The molecular formula is C128H187N3O19. The second kappa shape index (κ2) is 66.0. The highest BCUT2D eigenvalue weighted by molar-refractivity contribution is 5.90. The minimum Gasteiger partial charge on any atom is -0.497 e. The van der Waals surface area contributed by atoms with Gasteiger partial charge in [0.2, 0.25) is 0 Å². The molecule has 5 saturated carbocycles. The standard InChI is InChI=1S/C28H43NO4.C26H39NO4.C20H31NO4.C19H28O2.C18H20O3.C17H26O2/c1-27(2,23-16-10-6-11-17-23)32-25(30)29(21-20-22-14-8-5-9-15-22)26(31)33-28(3,4)24-18-12-7-13-19-24;1-3-25(17-10-6-11-18-25)30-23(28)27(21-16-22-14-8-5-9-15-22)24(29)31-26(4-2)19-12-7-13-20-26;1-7-19(3,4)24-17(22)21(18(23)25-20(5,6)8-2)15-14-16-12-10-9-11-13-16;1-16(2)19(14-7-4-8-15-19)21-18(20)13-9-12-17-10-5-3-6-11-17;1-20-17-12-10-16(11-13-17)14-21-18(19)9-5-8-15-6-3-2-4-7-15;1-4-17(5-2,6-3)19-16(18)14-10-13-15-11-8-7-9-12-15/h5,8-9,14-15,23-24H,6-7,10-13,16-21H2,1-4H3;5,8-9,14-15H,3-4,6-7,10-13,16-21H2,1-2H3;9-13H,7-8,14-15H2,1-6H3;3,5-6,10-11,16H,4,7-9,12-15H2,1-2H3;2-4,6-7,10-13H,5,8-9,14H2,1H3;7-9,11-12H,4-6,10,13-14H2,1-3H3. The highest BCUT2D eigenvalue weighted by atomic mass is 16.6. The molecule has 150 heavy (non-hydrogen) atoms. The SMILES string of the molecule is CC(C)(OC(=O)N(CCc1ccccc1)C(=O)OC(C)(C)C1CCCCC1)C1CCCCC1.CC(C)C1(OC(=O)CCCc2ccccc2)CCCCC1.CCC(C)(C)OC(=O)N(CCc1ccccc1)C(=O)OC(C)(C)CC.CCC(CC)(CC)OC(=O)CCCc1ccccc1.CCC1(OC(=O)N(CCc2ccccc2)C(=O)OC2(CC)CCCCC2)CCCCC1.COc1ccc(COC(=O)CCCc2ccccc2)cc1. The number of rotatable bonds is 42. The van der Waals surface area contributed by atoms with Crippen LogP contribution in [-0.4, -0.2) is 141 Å². The molecular weight excluding hydrogens is 1880 g/mol. The highest BCUT2D eigenvalue weighted by Crippen LogP contribution is 2.42. The van der Waals surface area contributed by atoms with Gasteiger partial charge in [0, 0.05) is 38.9 Å². The zero-order chi connectivity index (χ0) is 109. The van der Waals surface area contributed by atoms with Crippen molar-refractivity contribution in [3.63, 3.8) is 0 Å². The lowest BCUT2D eigenvalue weighted by Crippen LogP contribution is -2.48. The summed E-state index contributed by atoms with van der Waals surface area (Å²) in [6.07, 6.45) is 37.7. The summed E-state index contributed by atoms with van der Waals surface area (Å²) in [5.74, 6) is 1.63. The van der Waals surface area contributed by atoms with E-state index < -0.39 is 70.2 Å². The molecule has 22 nitrogen and oxygen atoms in total. The van der Waals surface area contributed by atoms with E-state index in [1.54, 1.807) is 7.11 Å². The molecule has 0 aliphatic heterocycles. The third kappa shape index (κ3) is 45.5. The van der Waals surface area contributed by atoms with Crippen LogP contribution in [0.4, 0.5) is 28.8 Å². The van der Waals surface area contributed by atoms with E-state index in [0.717, 1.165) is 193 Å². The van der Waals surface area contributed by atoms with Crippen LogP contribution in [0.1, 0.15) is 401 Å². The molecule has 5 aliphatic carbocycles. The minimum absolute atomic E-state index is 0.0125. The Balaban J connectivity index is 0.000000246. The van der Waals surface area contributed by atoms with E-state index >= 15 is 0 Å². The molecule has 22 heteroatoms. The lowest BCUT2D eigenvalue weighted by atomic mass is 9.77. The maximum atomic E-state index is 13.3. The topological polar surface area (TPSA) is 256 Å². The molecule has 5 aliphatic rings. The number of hydrogen-bond donors (Lipinski definition) is 0. The van der Waals surface area contributed by atoms with Crippen LogP contribution in [0.5, 0.6) is 5.75 Å². The van der Waals surface area contributed by atoms with E-state index in [0.29, 0.717) is 75.7 Å². The lowest BCUT2D eigenvalue weighted by molar-refractivity contribution is -0.170. The van der Waals surface area contributed by atoms with Gasteiger partial charge in [0.1, 0.15) is 57.2 Å². The van der Waals surface area contributed by atoms with Crippen molar-refractivity contribution in [1.29, 1.82) is 0 Å². The number of ether oxygens (including phenoxy) is 10. The molecule has 12 rings (SSSR count). The van der Waals surface area contributed by atoms with E-state index in [1.165, 1.54) is 97.1 Å². The molecule has 0 unspecified atom stereocenters. The van der Waals surface area contributed by atoms with E-state index in [4.69, 9.17) is 47.4 Å². The van der Waals surface area contributed by atoms with Gasteiger partial charge >= 0.3 is 54.5 Å². The smallest absolute Gasteiger partial charge is 0.419 e. The average molecular weight is 2070 g/mol. The summed E-state index contributed by atoms with van der Waals surface area (Å²) in [6.45, 7) is 34.9. The van der Waals surface area contributed by atoms with Crippen LogP contribution < -0.4 is 4.74 Å². The predicted molar refractivity (Wildman–Crippen MR) is 599 cm³/mol. The minimum atomic E-state index is -0.667. The first kappa shape index (κ1) is 126. The number of carbonyl (C=O) groups excluding carboxylic acids is 9.